The standard InChI is InChI=1S/C15H19NO2/c1-15(17,14-6-3-2-4-7-14)8-5-9-16-10-12-18-13-11-16/h2-4,6-7,17H,9-13H2,1H3/p+1/t15-/m1/s1. The highest BCUT2D eigenvalue weighted by atomic mass is 16.5. The lowest BCUT2D eigenvalue weighted by atomic mass is 9.97. The van der Waals surface area contributed by atoms with E-state index in [1.807, 2.05) is 30.3 Å². The van der Waals surface area contributed by atoms with Gasteiger partial charge in [0.15, 0.2) is 0 Å². The normalized spacial score (nSPS) is 19.7. The van der Waals surface area contributed by atoms with Crippen molar-refractivity contribution >= 4 is 0 Å². The number of ether oxygens (including phenoxy) is 1. The van der Waals surface area contributed by atoms with Gasteiger partial charge in [0, 0.05) is 0 Å². The van der Waals surface area contributed by atoms with Crippen molar-refractivity contribution in [3.05, 3.63) is 35.9 Å². The maximum absolute atomic E-state index is 10.3. The van der Waals surface area contributed by atoms with E-state index in [1.165, 1.54) is 4.90 Å². The van der Waals surface area contributed by atoms with Gasteiger partial charge in [0.25, 0.3) is 0 Å². The molecule has 96 valence electrons. The molecule has 1 aliphatic rings. The maximum atomic E-state index is 10.3. The molecule has 1 aromatic rings. The van der Waals surface area contributed by atoms with Gasteiger partial charge in [-0.15, -0.1) is 0 Å². The van der Waals surface area contributed by atoms with Crippen LogP contribution in [0, 0.1) is 11.8 Å². The molecule has 1 heterocycles. The third-order valence-corrected chi connectivity index (χ3v) is 3.21. The first-order valence-electron chi connectivity index (χ1n) is 6.38. The van der Waals surface area contributed by atoms with Crippen molar-refractivity contribution in [3.8, 4) is 11.8 Å². The summed E-state index contributed by atoms with van der Waals surface area (Å²) in [5.41, 5.74) is -0.220. The molecular formula is C15H20NO2+. The van der Waals surface area contributed by atoms with E-state index in [0.29, 0.717) is 0 Å². The zero-order chi connectivity index (χ0) is 12.8. The second kappa shape index (κ2) is 6.01. The fourth-order valence-corrected chi connectivity index (χ4v) is 2.01. The number of quaternary nitrogens is 1. The predicted octanol–water partition coefficient (Wildman–Crippen LogP) is -0.187. The molecule has 3 heteroatoms. The van der Waals surface area contributed by atoms with E-state index in [4.69, 9.17) is 4.74 Å². The lowest BCUT2D eigenvalue weighted by molar-refractivity contribution is -0.900. The maximum Gasteiger partial charge on any atom is 0.148 e. The van der Waals surface area contributed by atoms with Crippen LogP contribution in [0.4, 0.5) is 0 Å². The quantitative estimate of drug-likeness (QED) is 0.710. The van der Waals surface area contributed by atoms with Gasteiger partial charge < -0.3 is 14.7 Å². The molecule has 0 aromatic heterocycles. The number of nitrogens with one attached hydrogen (secondary N) is 1. The molecule has 0 saturated carbocycles. The third kappa shape index (κ3) is 3.58. The molecule has 1 fully saturated rings. The highest BCUT2D eigenvalue weighted by Crippen LogP contribution is 2.18. The van der Waals surface area contributed by atoms with E-state index in [2.05, 4.69) is 11.8 Å². The van der Waals surface area contributed by atoms with Gasteiger partial charge in [-0.25, -0.2) is 0 Å². The third-order valence-electron chi connectivity index (χ3n) is 3.21. The Kier molecular flexibility index (Phi) is 4.38. The van der Waals surface area contributed by atoms with Crippen LogP contribution in [0.3, 0.4) is 0 Å². The first-order chi connectivity index (χ1) is 8.68. The summed E-state index contributed by atoms with van der Waals surface area (Å²) in [6.07, 6.45) is 0. The van der Waals surface area contributed by atoms with Gasteiger partial charge in [-0.05, 0) is 18.4 Å². The first-order valence-corrected chi connectivity index (χ1v) is 6.38. The minimum Gasteiger partial charge on any atom is -0.374 e. The summed E-state index contributed by atoms with van der Waals surface area (Å²) in [4.78, 5) is 1.43. The molecule has 0 unspecified atom stereocenters. The zero-order valence-electron chi connectivity index (χ0n) is 10.8. The zero-order valence-corrected chi connectivity index (χ0v) is 10.8. The fraction of sp³-hybridized carbons (Fsp3) is 0.467. The summed E-state index contributed by atoms with van der Waals surface area (Å²) in [5.74, 6) is 6.07. The van der Waals surface area contributed by atoms with E-state index in [-0.39, 0.29) is 0 Å². The molecule has 3 nitrogen and oxygen atoms in total. The van der Waals surface area contributed by atoms with Crippen molar-refractivity contribution in [2.45, 2.75) is 12.5 Å². The Bertz CT molecular complexity index is 425. The summed E-state index contributed by atoms with van der Waals surface area (Å²) in [6.45, 7) is 6.14. The lowest BCUT2D eigenvalue weighted by Gasteiger charge is -2.22. The van der Waals surface area contributed by atoms with Crippen LogP contribution in [0.1, 0.15) is 12.5 Å². The molecule has 18 heavy (non-hydrogen) atoms. The molecule has 0 spiro atoms. The number of rotatable bonds is 2. The van der Waals surface area contributed by atoms with Gasteiger partial charge in [-0.2, -0.15) is 0 Å². The summed E-state index contributed by atoms with van der Waals surface area (Å²) in [7, 11) is 0. The average Bonchev–Trinajstić information content (AvgIpc) is 2.41. The average molecular weight is 246 g/mol. The van der Waals surface area contributed by atoms with E-state index in [0.717, 1.165) is 38.4 Å². The molecule has 0 amide bonds. The van der Waals surface area contributed by atoms with Crippen molar-refractivity contribution in [2.75, 3.05) is 32.8 Å². The Hall–Kier alpha value is -1.34. The molecule has 2 rings (SSSR count). The molecule has 0 radical (unpaired) electrons. The van der Waals surface area contributed by atoms with Crippen LogP contribution in [0.5, 0.6) is 0 Å². The summed E-state index contributed by atoms with van der Waals surface area (Å²) < 4.78 is 5.30. The fourth-order valence-electron chi connectivity index (χ4n) is 2.01. The lowest BCUT2D eigenvalue weighted by Crippen LogP contribution is -3.14. The van der Waals surface area contributed by atoms with Crippen LogP contribution in [0.2, 0.25) is 0 Å². The minimum atomic E-state index is -1.06. The van der Waals surface area contributed by atoms with E-state index < -0.39 is 5.60 Å². The Morgan fingerprint density at radius 3 is 2.61 bits per heavy atom. The minimum absolute atomic E-state index is 0.770. The Labute approximate surface area is 108 Å². The van der Waals surface area contributed by atoms with Crippen LogP contribution in [0.25, 0.3) is 0 Å². The second-order valence-electron chi connectivity index (χ2n) is 4.78. The largest absolute Gasteiger partial charge is 0.374 e. The van der Waals surface area contributed by atoms with Crippen LogP contribution in [0.15, 0.2) is 30.3 Å². The van der Waals surface area contributed by atoms with Gasteiger partial charge in [0.1, 0.15) is 25.2 Å². The van der Waals surface area contributed by atoms with Gasteiger partial charge in [0.2, 0.25) is 0 Å². The van der Waals surface area contributed by atoms with Crippen LogP contribution in [-0.2, 0) is 10.3 Å². The second-order valence-corrected chi connectivity index (χ2v) is 4.78. The molecule has 2 N–H and O–H groups in total. The molecular weight excluding hydrogens is 226 g/mol. The van der Waals surface area contributed by atoms with E-state index in [9.17, 15) is 5.11 Å². The molecule has 0 bridgehead atoms. The molecule has 1 aromatic carbocycles. The number of hydrogen-bond acceptors (Lipinski definition) is 2. The number of morpholine rings is 1. The number of aliphatic hydroxyl groups is 1. The number of benzene rings is 1. The molecule has 0 aliphatic carbocycles. The molecule has 1 saturated heterocycles. The van der Waals surface area contributed by atoms with Crippen LogP contribution >= 0.6 is 0 Å². The Morgan fingerprint density at radius 1 is 1.28 bits per heavy atom. The highest BCUT2D eigenvalue weighted by Gasteiger charge is 2.19. The monoisotopic (exact) mass is 246 g/mol. The van der Waals surface area contributed by atoms with Gasteiger partial charge in [-0.1, -0.05) is 36.3 Å². The van der Waals surface area contributed by atoms with Crippen molar-refractivity contribution in [1.29, 1.82) is 0 Å². The first kappa shape index (κ1) is 13.1. The summed E-state index contributed by atoms with van der Waals surface area (Å²) in [6, 6.07) is 9.56. The smallest absolute Gasteiger partial charge is 0.148 e. The van der Waals surface area contributed by atoms with Gasteiger partial charge in [0.05, 0.1) is 13.2 Å². The SMILES string of the molecule is C[C@@](O)(C#CC[NH+]1CCOCC1)c1ccccc1. The number of hydrogen-bond donors (Lipinski definition) is 2. The van der Waals surface area contributed by atoms with E-state index in [1.54, 1.807) is 6.92 Å². The van der Waals surface area contributed by atoms with Gasteiger partial charge in [-0.3, -0.25) is 0 Å². The van der Waals surface area contributed by atoms with Gasteiger partial charge >= 0.3 is 0 Å². The van der Waals surface area contributed by atoms with Crippen LogP contribution in [-0.4, -0.2) is 38.0 Å². The van der Waals surface area contributed by atoms with Crippen molar-refractivity contribution in [2.24, 2.45) is 0 Å². The topological polar surface area (TPSA) is 33.9 Å². The van der Waals surface area contributed by atoms with Crippen LogP contribution < -0.4 is 4.90 Å². The molecule has 1 atom stereocenters. The van der Waals surface area contributed by atoms with E-state index >= 15 is 0 Å². The van der Waals surface area contributed by atoms with Crippen molar-refractivity contribution < 1.29 is 14.7 Å². The highest BCUT2D eigenvalue weighted by molar-refractivity contribution is 5.30. The summed E-state index contributed by atoms with van der Waals surface area (Å²) >= 11 is 0. The van der Waals surface area contributed by atoms with Crippen molar-refractivity contribution in [3.63, 3.8) is 0 Å². The Morgan fingerprint density at radius 2 is 1.94 bits per heavy atom. The predicted molar refractivity (Wildman–Crippen MR) is 70.2 cm³/mol. The van der Waals surface area contributed by atoms with Crippen molar-refractivity contribution in [1.82, 2.24) is 0 Å². The summed E-state index contributed by atoms with van der Waals surface area (Å²) in [5, 5.41) is 10.3. The Balaban J connectivity index is 1.95. The molecule has 1 aliphatic heterocycles.